The molecule has 2 rings (SSSR count). The lowest BCUT2D eigenvalue weighted by atomic mass is 9.96. The molecular formula is C15H26N2OS. The molecule has 0 aliphatic heterocycles. The molecule has 1 fully saturated rings. The average molecular weight is 282 g/mol. The van der Waals surface area contributed by atoms with Crippen molar-refractivity contribution in [1.82, 2.24) is 10.3 Å². The first-order valence-corrected chi connectivity index (χ1v) is 8.49. The third-order valence-electron chi connectivity index (χ3n) is 3.71. The number of nitrogens with zero attached hydrogens (tertiary/aromatic N) is 1. The van der Waals surface area contributed by atoms with Gasteiger partial charge in [0.1, 0.15) is 6.26 Å². The Bertz CT molecular complexity index is 365. The Balaban J connectivity index is 1.97. The smallest absolute Gasteiger partial charge is 0.256 e. The Morgan fingerprint density at radius 3 is 2.79 bits per heavy atom. The summed E-state index contributed by atoms with van der Waals surface area (Å²) in [5.74, 6) is 0. The predicted molar refractivity (Wildman–Crippen MR) is 80.7 cm³/mol. The van der Waals surface area contributed by atoms with Gasteiger partial charge in [0.15, 0.2) is 0 Å². The standard InChI is InChI=1S/C15H26N2OS/c1-3-10-16-13-8-6-4-5-7-9-14(13)19-15-17-12(2)11-18-15/h11,13-14,16H,3-10H2,1-2H3. The molecule has 1 aliphatic rings. The monoisotopic (exact) mass is 282 g/mol. The van der Waals surface area contributed by atoms with Crippen molar-refractivity contribution in [2.45, 2.75) is 75.3 Å². The molecule has 0 saturated heterocycles. The zero-order valence-corrected chi connectivity index (χ0v) is 13.0. The van der Waals surface area contributed by atoms with E-state index in [1.807, 2.05) is 18.7 Å². The first-order chi connectivity index (χ1) is 9.29. The summed E-state index contributed by atoms with van der Waals surface area (Å²) in [6.45, 7) is 5.33. The van der Waals surface area contributed by atoms with E-state index < -0.39 is 0 Å². The fourth-order valence-electron chi connectivity index (χ4n) is 2.67. The normalized spacial score (nSPS) is 24.9. The highest BCUT2D eigenvalue weighted by molar-refractivity contribution is 7.99. The molecule has 1 heterocycles. The molecule has 19 heavy (non-hydrogen) atoms. The molecule has 0 aromatic carbocycles. The highest BCUT2D eigenvalue weighted by atomic mass is 32.2. The molecule has 1 aromatic heterocycles. The average Bonchev–Trinajstić information content (AvgIpc) is 2.78. The van der Waals surface area contributed by atoms with Crippen molar-refractivity contribution in [3.8, 4) is 0 Å². The van der Waals surface area contributed by atoms with Crippen molar-refractivity contribution in [1.29, 1.82) is 0 Å². The van der Waals surface area contributed by atoms with E-state index in [-0.39, 0.29) is 0 Å². The van der Waals surface area contributed by atoms with Crippen LogP contribution in [0.4, 0.5) is 0 Å². The van der Waals surface area contributed by atoms with Gasteiger partial charge < -0.3 is 9.73 Å². The lowest BCUT2D eigenvalue weighted by molar-refractivity contribution is 0.394. The van der Waals surface area contributed by atoms with Crippen LogP contribution < -0.4 is 5.32 Å². The summed E-state index contributed by atoms with van der Waals surface area (Å²) < 4.78 is 5.52. The van der Waals surface area contributed by atoms with Crippen LogP contribution in [0.25, 0.3) is 0 Å². The highest BCUT2D eigenvalue weighted by Crippen LogP contribution is 2.32. The minimum absolute atomic E-state index is 0.602. The Kier molecular flexibility index (Phi) is 6.24. The number of rotatable bonds is 5. The van der Waals surface area contributed by atoms with Gasteiger partial charge in [0.25, 0.3) is 5.22 Å². The van der Waals surface area contributed by atoms with Crippen molar-refractivity contribution >= 4 is 11.8 Å². The Labute approximate surface area is 120 Å². The molecule has 2 atom stereocenters. The van der Waals surface area contributed by atoms with E-state index in [0.29, 0.717) is 11.3 Å². The fraction of sp³-hybridized carbons (Fsp3) is 0.800. The molecule has 3 nitrogen and oxygen atoms in total. The molecule has 0 spiro atoms. The van der Waals surface area contributed by atoms with E-state index in [2.05, 4.69) is 17.2 Å². The van der Waals surface area contributed by atoms with Crippen LogP contribution in [0.2, 0.25) is 0 Å². The number of aromatic nitrogens is 1. The van der Waals surface area contributed by atoms with Crippen molar-refractivity contribution in [3.05, 3.63) is 12.0 Å². The van der Waals surface area contributed by atoms with E-state index in [9.17, 15) is 0 Å². The summed E-state index contributed by atoms with van der Waals surface area (Å²) in [6, 6.07) is 0.609. The van der Waals surface area contributed by atoms with E-state index in [1.54, 1.807) is 6.26 Å². The van der Waals surface area contributed by atoms with Crippen LogP contribution in [-0.4, -0.2) is 22.8 Å². The second kappa shape index (κ2) is 7.95. The van der Waals surface area contributed by atoms with E-state index >= 15 is 0 Å². The number of thioether (sulfide) groups is 1. The van der Waals surface area contributed by atoms with E-state index in [1.165, 1.54) is 44.9 Å². The Morgan fingerprint density at radius 1 is 1.32 bits per heavy atom. The van der Waals surface area contributed by atoms with Gasteiger partial charge in [-0.15, -0.1) is 0 Å². The van der Waals surface area contributed by atoms with E-state index in [4.69, 9.17) is 4.42 Å². The third kappa shape index (κ3) is 4.84. The Morgan fingerprint density at radius 2 is 2.11 bits per heavy atom. The van der Waals surface area contributed by atoms with Crippen molar-refractivity contribution < 1.29 is 4.42 Å². The first-order valence-electron chi connectivity index (χ1n) is 7.61. The van der Waals surface area contributed by atoms with Crippen molar-refractivity contribution in [2.24, 2.45) is 0 Å². The third-order valence-corrected chi connectivity index (χ3v) is 4.97. The Hall–Kier alpha value is -0.480. The molecular weight excluding hydrogens is 256 g/mol. The fourth-order valence-corrected chi connectivity index (χ4v) is 3.91. The molecule has 0 amide bonds. The number of oxazole rings is 1. The van der Waals surface area contributed by atoms with Gasteiger partial charge in [-0.2, -0.15) is 0 Å². The SMILES string of the molecule is CCCNC1CCCCCCC1Sc1nc(C)co1. The largest absolute Gasteiger partial charge is 0.440 e. The van der Waals surface area contributed by atoms with Gasteiger partial charge in [-0.3, -0.25) is 0 Å². The van der Waals surface area contributed by atoms with Crippen LogP contribution in [0.3, 0.4) is 0 Å². The van der Waals surface area contributed by atoms with Gasteiger partial charge >= 0.3 is 0 Å². The van der Waals surface area contributed by atoms with Crippen LogP contribution in [0.1, 0.15) is 57.6 Å². The van der Waals surface area contributed by atoms with Crippen LogP contribution in [0.5, 0.6) is 0 Å². The predicted octanol–water partition coefficient (Wildman–Crippen LogP) is 4.17. The van der Waals surface area contributed by atoms with Gasteiger partial charge in [0.05, 0.1) is 5.69 Å². The van der Waals surface area contributed by atoms with Crippen LogP contribution in [0, 0.1) is 6.92 Å². The lowest BCUT2D eigenvalue weighted by Gasteiger charge is -2.28. The lowest BCUT2D eigenvalue weighted by Crippen LogP contribution is -2.39. The summed E-state index contributed by atoms with van der Waals surface area (Å²) in [5.41, 5.74) is 0.978. The van der Waals surface area contributed by atoms with Crippen molar-refractivity contribution in [2.75, 3.05) is 6.54 Å². The number of nitrogens with one attached hydrogen (secondary N) is 1. The zero-order valence-electron chi connectivity index (χ0n) is 12.2. The summed E-state index contributed by atoms with van der Waals surface area (Å²) >= 11 is 1.83. The summed E-state index contributed by atoms with van der Waals surface area (Å²) in [5, 5.41) is 5.17. The van der Waals surface area contributed by atoms with Gasteiger partial charge in [0.2, 0.25) is 0 Å². The molecule has 1 N–H and O–H groups in total. The summed E-state index contributed by atoms with van der Waals surface area (Å²) in [4.78, 5) is 4.44. The molecule has 4 heteroatoms. The molecule has 2 unspecified atom stereocenters. The molecule has 108 valence electrons. The molecule has 0 bridgehead atoms. The topological polar surface area (TPSA) is 38.1 Å². The minimum Gasteiger partial charge on any atom is -0.440 e. The van der Waals surface area contributed by atoms with Crippen molar-refractivity contribution in [3.63, 3.8) is 0 Å². The summed E-state index contributed by atoms with van der Waals surface area (Å²) in [7, 11) is 0. The number of hydrogen-bond donors (Lipinski definition) is 1. The van der Waals surface area contributed by atoms with Gasteiger partial charge in [-0.05, 0) is 32.7 Å². The molecule has 1 saturated carbocycles. The van der Waals surface area contributed by atoms with Crippen LogP contribution >= 0.6 is 11.8 Å². The maximum Gasteiger partial charge on any atom is 0.256 e. The van der Waals surface area contributed by atoms with Gasteiger partial charge in [-0.25, -0.2) is 4.98 Å². The zero-order chi connectivity index (χ0) is 13.5. The molecule has 1 aromatic rings. The second-order valence-corrected chi connectivity index (χ2v) is 6.65. The first kappa shape index (κ1) is 14.9. The number of hydrogen-bond acceptors (Lipinski definition) is 4. The minimum atomic E-state index is 0.602. The van der Waals surface area contributed by atoms with Crippen LogP contribution in [0.15, 0.2) is 15.9 Å². The molecule has 0 radical (unpaired) electrons. The quantitative estimate of drug-likeness (QED) is 0.879. The maximum atomic E-state index is 5.52. The second-order valence-electron chi connectivity index (χ2n) is 5.46. The number of aryl methyl sites for hydroxylation is 1. The van der Waals surface area contributed by atoms with Gasteiger partial charge in [-0.1, -0.05) is 44.4 Å². The summed E-state index contributed by atoms with van der Waals surface area (Å²) in [6.07, 6.45) is 11.0. The molecule has 1 aliphatic carbocycles. The van der Waals surface area contributed by atoms with Crippen LogP contribution in [-0.2, 0) is 0 Å². The van der Waals surface area contributed by atoms with E-state index in [0.717, 1.165) is 17.5 Å². The van der Waals surface area contributed by atoms with Gasteiger partial charge in [0, 0.05) is 11.3 Å². The highest BCUT2D eigenvalue weighted by Gasteiger charge is 2.24. The maximum absolute atomic E-state index is 5.52.